The molecule has 3 N–H and O–H groups in total. The second-order valence-electron chi connectivity index (χ2n) is 6.30. The van der Waals surface area contributed by atoms with E-state index in [0.717, 1.165) is 12.0 Å². The standard InChI is InChI=1S/C21H23NO4/c1-4-13(2)11-14(3)5-10-18(24)19-20(25)17(12-22-21(19)26)15-6-8-16(23)9-7-15/h5-13,23H,4H2,1-3H3,(H2,22,25,26). The number of benzene rings is 1. The van der Waals surface area contributed by atoms with Gasteiger partial charge < -0.3 is 15.2 Å². The summed E-state index contributed by atoms with van der Waals surface area (Å²) >= 11 is 0. The van der Waals surface area contributed by atoms with Crippen molar-refractivity contribution in [1.29, 1.82) is 0 Å². The average Bonchev–Trinajstić information content (AvgIpc) is 2.61. The van der Waals surface area contributed by atoms with Crippen molar-refractivity contribution in [2.45, 2.75) is 27.2 Å². The molecular formula is C21H23NO4. The molecule has 1 unspecified atom stereocenters. The molecule has 26 heavy (non-hydrogen) atoms. The van der Waals surface area contributed by atoms with Gasteiger partial charge in [0.05, 0.1) is 0 Å². The highest BCUT2D eigenvalue weighted by molar-refractivity contribution is 6.07. The van der Waals surface area contributed by atoms with E-state index >= 15 is 0 Å². The number of pyridine rings is 1. The molecule has 0 bridgehead atoms. The summed E-state index contributed by atoms with van der Waals surface area (Å²) in [5.41, 5.74) is 0.848. The number of carbonyl (C=O) groups is 1. The lowest BCUT2D eigenvalue weighted by atomic mass is 10.0. The fraction of sp³-hybridized carbons (Fsp3) is 0.238. The van der Waals surface area contributed by atoms with Crippen LogP contribution in [0.25, 0.3) is 11.1 Å². The zero-order valence-corrected chi connectivity index (χ0v) is 15.1. The number of nitrogens with one attached hydrogen (secondary N) is 1. The first kappa shape index (κ1) is 19.2. The first-order valence-electron chi connectivity index (χ1n) is 8.48. The van der Waals surface area contributed by atoms with Crippen LogP contribution < -0.4 is 5.56 Å². The van der Waals surface area contributed by atoms with Crippen molar-refractivity contribution >= 4 is 5.78 Å². The van der Waals surface area contributed by atoms with Gasteiger partial charge in [0.2, 0.25) is 0 Å². The van der Waals surface area contributed by atoms with Gasteiger partial charge in [0.25, 0.3) is 5.56 Å². The molecule has 0 radical (unpaired) electrons. The van der Waals surface area contributed by atoms with E-state index in [1.54, 1.807) is 18.2 Å². The number of hydrogen-bond acceptors (Lipinski definition) is 4. The first-order valence-corrected chi connectivity index (χ1v) is 8.48. The van der Waals surface area contributed by atoms with E-state index in [4.69, 9.17) is 0 Å². The molecule has 0 amide bonds. The quantitative estimate of drug-likeness (QED) is 0.413. The molecule has 5 heteroatoms. The number of rotatable bonds is 6. The summed E-state index contributed by atoms with van der Waals surface area (Å²) in [6, 6.07) is 6.10. The van der Waals surface area contributed by atoms with Crippen LogP contribution in [0.5, 0.6) is 11.5 Å². The van der Waals surface area contributed by atoms with Crippen LogP contribution in [0.15, 0.2) is 59.1 Å². The molecule has 136 valence electrons. The van der Waals surface area contributed by atoms with Gasteiger partial charge in [0.1, 0.15) is 17.1 Å². The second kappa shape index (κ2) is 8.34. The van der Waals surface area contributed by atoms with Gasteiger partial charge in [0, 0.05) is 11.8 Å². The van der Waals surface area contributed by atoms with Crippen LogP contribution in [0.1, 0.15) is 37.6 Å². The van der Waals surface area contributed by atoms with Crippen molar-refractivity contribution in [2.24, 2.45) is 5.92 Å². The highest BCUT2D eigenvalue weighted by atomic mass is 16.3. The predicted molar refractivity (Wildman–Crippen MR) is 103 cm³/mol. The Morgan fingerprint density at radius 1 is 1.19 bits per heavy atom. The summed E-state index contributed by atoms with van der Waals surface area (Å²) < 4.78 is 0. The highest BCUT2D eigenvalue weighted by Crippen LogP contribution is 2.31. The number of phenols is 1. The third-order valence-corrected chi connectivity index (χ3v) is 4.18. The van der Waals surface area contributed by atoms with Gasteiger partial charge in [-0.3, -0.25) is 9.59 Å². The molecule has 0 fully saturated rings. The van der Waals surface area contributed by atoms with E-state index < -0.39 is 11.3 Å². The molecule has 0 aliphatic rings. The number of hydrogen-bond donors (Lipinski definition) is 3. The Labute approximate surface area is 152 Å². The van der Waals surface area contributed by atoms with E-state index in [1.165, 1.54) is 24.4 Å². The number of allylic oxidation sites excluding steroid dienone is 4. The molecule has 1 heterocycles. The smallest absolute Gasteiger partial charge is 0.263 e. The topological polar surface area (TPSA) is 90.4 Å². The minimum absolute atomic E-state index is 0.0838. The molecular weight excluding hydrogens is 330 g/mol. The molecule has 2 aromatic rings. The fourth-order valence-electron chi connectivity index (χ4n) is 2.52. The van der Waals surface area contributed by atoms with E-state index in [9.17, 15) is 19.8 Å². The van der Waals surface area contributed by atoms with Crippen molar-refractivity contribution in [3.8, 4) is 22.6 Å². The number of ketones is 1. The SMILES string of the molecule is CCC(C)C=C(C)C=CC(=O)c1c(O)c(-c2ccc(O)cc2)c[nH]c1=O. The summed E-state index contributed by atoms with van der Waals surface area (Å²) in [5.74, 6) is -0.469. The summed E-state index contributed by atoms with van der Waals surface area (Å²) in [6.07, 6.45) is 7.31. The van der Waals surface area contributed by atoms with Gasteiger partial charge in [-0.25, -0.2) is 0 Å². The van der Waals surface area contributed by atoms with Crippen LogP contribution in [0.3, 0.4) is 0 Å². The lowest BCUT2D eigenvalue weighted by molar-refractivity contribution is 0.104. The molecule has 1 aromatic heterocycles. The van der Waals surface area contributed by atoms with Gasteiger partial charge in [-0.15, -0.1) is 0 Å². The Bertz CT molecular complexity index is 905. The van der Waals surface area contributed by atoms with Crippen molar-refractivity contribution in [3.05, 3.63) is 70.2 Å². The minimum Gasteiger partial charge on any atom is -0.508 e. The lowest BCUT2D eigenvalue weighted by Gasteiger charge is -2.08. The maximum Gasteiger partial charge on any atom is 0.263 e. The van der Waals surface area contributed by atoms with Crippen LogP contribution in [0.4, 0.5) is 0 Å². The summed E-state index contributed by atoms with van der Waals surface area (Å²) in [7, 11) is 0. The molecule has 2 rings (SSSR count). The van der Waals surface area contributed by atoms with Crippen LogP contribution >= 0.6 is 0 Å². The summed E-state index contributed by atoms with van der Waals surface area (Å²) in [4.78, 5) is 27.0. The van der Waals surface area contributed by atoms with Crippen molar-refractivity contribution < 1.29 is 15.0 Å². The van der Waals surface area contributed by atoms with Crippen LogP contribution in [0, 0.1) is 5.92 Å². The number of phenolic OH excluding ortho intramolecular Hbond substituents is 1. The van der Waals surface area contributed by atoms with Crippen LogP contribution in [0.2, 0.25) is 0 Å². The molecule has 0 aliphatic heterocycles. The Morgan fingerprint density at radius 3 is 2.46 bits per heavy atom. The maximum absolute atomic E-state index is 12.4. The van der Waals surface area contributed by atoms with Crippen molar-refractivity contribution in [3.63, 3.8) is 0 Å². The molecule has 5 nitrogen and oxygen atoms in total. The highest BCUT2D eigenvalue weighted by Gasteiger charge is 2.18. The van der Waals surface area contributed by atoms with E-state index in [1.807, 2.05) is 13.0 Å². The maximum atomic E-state index is 12.4. The minimum atomic E-state index is -0.650. The van der Waals surface area contributed by atoms with Gasteiger partial charge in [0.15, 0.2) is 5.78 Å². The molecule has 1 atom stereocenters. The number of aromatic nitrogens is 1. The molecule has 0 saturated carbocycles. The van der Waals surface area contributed by atoms with Crippen LogP contribution in [-0.2, 0) is 0 Å². The Kier molecular flexibility index (Phi) is 6.17. The average molecular weight is 353 g/mol. The second-order valence-corrected chi connectivity index (χ2v) is 6.30. The van der Waals surface area contributed by atoms with E-state index in [0.29, 0.717) is 17.0 Å². The Hall–Kier alpha value is -3.08. The van der Waals surface area contributed by atoms with Gasteiger partial charge in [-0.05, 0) is 36.6 Å². The van der Waals surface area contributed by atoms with E-state index in [-0.39, 0.29) is 17.1 Å². The predicted octanol–water partition coefficient (Wildman–Crippen LogP) is 4.18. The first-order chi connectivity index (χ1) is 12.3. The largest absolute Gasteiger partial charge is 0.508 e. The summed E-state index contributed by atoms with van der Waals surface area (Å²) in [5, 5.41) is 19.8. The monoisotopic (exact) mass is 353 g/mol. The molecule has 0 spiro atoms. The molecule has 1 aromatic carbocycles. The molecule has 0 saturated heterocycles. The van der Waals surface area contributed by atoms with E-state index in [2.05, 4.69) is 18.8 Å². The zero-order chi connectivity index (χ0) is 19.3. The zero-order valence-electron chi connectivity index (χ0n) is 15.1. The fourth-order valence-corrected chi connectivity index (χ4v) is 2.52. The van der Waals surface area contributed by atoms with Gasteiger partial charge >= 0.3 is 0 Å². The number of aromatic amines is 1. The number of carbonyl (C=O) groups excluding carboxylic acids is 1. The lowest BCUT2D eigenvalue weighted by Crippen LogP contribution is -2.16. The Balaban J connectivity index is 2.39. The summed E-state index contributed by atoms with van der Waals surface area (Å²) in [6.45, 7) is 6.04. The normalized spacial score (nSPS) is 13.1. The van der Waals surface area contributed by atoms with Crippen molar-refractivity contribution in [1.82, 2.24) is 4.98 Å². The van der Waals surface area contributed by atoms with Crippen LogP contribution in [-0.4, -0.2) is 21.0 Å². The van der Waals surface area contributed by atoms with Gasteiger partial charge in [-0.1, -0.05) is 50.1 Å². The molecule has 0 aliphatic carbocycles. The number of H-pyrrole nitrogens is 1. The van der Waals surface area contributed by atoms with Crippen molar-refractivity contribution in [2.75, 3.05) is 0 Å². The van der Waals surface area contributed by atoms with Gasteiger partial charge in [-0.2, -0.15) is 0 Å². The number of aromatic hydroxyl groups is 2. The third kappa shape index (κ3) is 4.51. The Morgan fingerprint density at radius 2 is 1.85 bits per heavy atom. The third-order valence-electron chi connectivity index (χ3n) is 4.18.